The maximum atomic E-state index is 5.97. The van der Waals surface area contributed by atoms with Crippen molar-refractivity contribution in [2.45, 2.75) is 19.9 Å². The Balaban J connectivity index is 2.14. The summed E-state index contributed by atoms with van der Waals surface area (Å²) in [5.74, 6) is 0. The van der Waals surface area contributed by atoms with Crippen molar-refractivity contribution in [1.29, 1.82) is 0 Å². The zero-order chi connectivity index (χ0) is 14.0. The molecule has 0 atom stereocenters. The van der Waals surface area contributed by atoms with Crippen LogP contribution in [0.25, 0.3) is 0 Å². The maximum Gasteiger partial charge on any atom is 0.0767 e. The minimum Gasteiger partial charge on any atom is -0.379 e. The SMILES string of the molecule is CCc1nn(C)c(CNc2ccc(Cl)c(Br)c2)c1Br. The van der Waals surface area contributed by atoms with Crippen LogP contribution in [0.4, 0.5) is 5.69 Å². The highest BCUT2D eigenvalue weighted by Crippen LogP contribution is 2.27. The van der Waals surface area contributed by atoms with Gasteiger partial charge < -0.3 is 5.32 Å². The lowest BCUT2D eigenvalue weighted by Crippen LogP contribution is -2.06. The Hall–Kier alpha value is -0.520. The van der Waals surface area contributed by atoms with Crippen molar-refractivity contribution in [3.63, 3.8) is 0 Å². The first-order valence-corrected chi connectivity index (χ1v) is 7.88. The minimum absolute atomic E-state index is 0.707. The summed E-state index contributed by atoms with van der Waals surface area (Å²) in [7, 11) is 1.96. The zero-order valence-corrected chi connectivity index (χ0v) is 14.6. The Morgan fingerprint density at radius 2 is 2.11 bits per heavy atom. The van der Waals surface area contributed by atoms with Crippen LogP contribution in [-0.4, -0.2) is 9.78 Å². The van der Waals surface area contributed by atoms with Gasteiger partial charge in [-0.25, -0.2) is 0 Å². The van der Waals surface area contributed by atoms with E-state index in [1.165, 1.54) is 0 Å². The van der Waals surface area contributed by atoms with Gasteiger partial charge in [0, 0.05) is 17.2 Å². The van der Waals surface area contributed by atoms with Crippen molar-refractivity contribution < 1.29 is 0 Å². The number of aromatic nitrogens is 2. The van der Waals surface area contributed by atoms with Gasteiger partial charge in [0.15, 0.2) is 0 Å². The summed E-state index contributed by atoms with van der Waals surface area (Å²) in [6, 6.07) is 5.79. The molecule has 0 saturated carbocycles. The Morgan fingerprint density at radius 3 is 2.68 bits per heavy atom. The molecule has 102 valence electrons. The molecule has 0 bridgehead atoms. The second-order valence-electron chi connectivity index (χ2n) is 4.17. The van der Waals surface area contributed by atoms with Crippen molar-refractivity contribution in [3.05, 3.63) is 43.6 Å². The Kier molecular flexibility index (Phi) is 4.92. The third kappa shape index (κ3) is 3.33. The summed E-state index contributed by atoms with van der Waals surface area (Å²) in [5.41, 5.74) is 3.22. The van der Waals surface area contributed by atoms with Crippen LogP contribution in [-0.2, 0) is 20.0 Å². The third-order valence-corrected chi connectivity index (χ3v) is 5.01. The average molecular weight is 408 g/mol. The molecule has 0 spiro atoms. The number of nitrogens with one attached hydrogen (secondary N) is 1. The lowest BCUT2D eigenvalue weighted by atomic mass is 10.3. The van der Waals surface area contributed by atoms with Crippen LogP contribution in [0, 0.1) is 0 Å². The van der Waals surface area contributed by atoms with E-state index in [1.807, 2.05) is 29.9 Å². The number of hydrogen-bond acceptors (Lipinski definition) is 2. The normalized spacial score (nSPS) is 10.8. The van der Waals surface area contributed by atoms with Crippen molar-refractivity contribution >= 4 is 49.1 Å². The molecule has 0 radical (unpaired) electrons. The van der Waals surface area contributed by atoms with Gasteiger partial charge in [0.1, 0.15) is 0 Å². The average Bonchev–Trinajstić information content (AvgIpc) is 2.66. The molecular weight excluding hydrogens is 393 g/mol. The molecule has 0 aliphatic heterocycles. The van der Waals surface area contributed by atoms with Gasteiger partial charge >= 0.3 is 0 Å². The van der Waals surface area contributed by atoms with Gasteiger partial charge in [0.25, 0.3) is 0 Å². The van der Waals surface area contributed by atoms with Crippen molar-refractivity contribution in [1.82, 2.24) is 9.78 Å². The second-order valence-corrected chi connectivity index (χ2v) is 6.22. The summed E-state index contributed by atoms with van der Waals surface area (Å²) in [6.07, 6.45) is 0.918. The van der Waals surface area contributed by atoms with Crippen LogP contribution in [0.15, 0.2) is 27.1 Å². The van der Waals surface area contributed by atoms with Gasteiger partial charge in [0.05, 0.1) is 27.4 Å². The fourth-order valence-corrected chi connectivity index (χ4v) is 3.06. The molecule has 6 heteroatoms. The summed E-state index contributed by atoms with van der Waals surface area (Å²) in [6.45, 7) is 2.80. The molecule has 1 aromatic heterocycles. The molecule has 2 rings (SSSR count). The fraction of sp³-hybridized carbons (Fsp3) is 0.308. The van der Waals surface area contributed by atoms with E-state index in [2.05, 4.69) is 49.2 Å². The van der Waals surface area contributed by atoms with E-state index >= 15 is 0 Å². The summed E-state index contributed by atoms with van der Waals surface area (Å²) in [5, 5.41) is 8.55. The number of benzene rings is 1. The van der Waals surface area contributed by atoms with E-state index in [0.29, 0.717) is 11.6 Å². The van der Waals surface area contributed by atoms with E-state index in [0.717, 1.165) is 32.4 Å². The second kappa shape index (κ2) is 6.29. The van der Waals surface area contributed by atoms with Gasteiger partial charge in [-0.15, -0.1) is 0 Å². The van der Waals surface area contributed by atoms with E-state index in [1.54, 1.807) is 0 Å². The molecule has 0 unspecified atom stereocenters. The van der Waals surface area contributed by atoms with Gasteiger partial charge in [-0.1, -0.05) is 18.5 Å². The van der Waals surface area contributed by atoms with Crippen LogP contribution in [0.5, 0.6) is 0 Å². The molecule has 0 saturated heterocycles. The van der Waals surface area contributed by atoms with Crippen molar-refractivity contribution in [2.75, 3.05) is 5.32 Å². The topological polar surface area (TPSA) is 29.9 Å². The molecule has 0 aliphatic carbocycles. The fourth-order valence-electron chi connectivity index (χ4n) is 1.80. The number of halogens is 3. The predicted octanol–water partition coefficient (Wildman–Crippen LogP) is 4.77. The molecule has 1 heterocycles. The standard InChI is InChI=1S/C13H14Br2ClN3/c1-3-11-13(15)12(19(2)18-11)7-17-8-4-5-10(16)9(14)6-8/h4-6,17H,3,7H2,1-2H3. The molecule has 1 aromatic carbocycles. The number of aryl methyl sites for hydroxylation is 2. The van der Waals surface area contributed by atoms with Gasteiger partial charge in [0.2, 0.25) is 0 Å². The first kappa shape index (κ1) is 14.9. The van der Waals surface area contributed by atoms with Crippen LogP contribution in [0.3, 0.4) is 0 Å². The molecule has 2 aromatic rings. The molecule has 19 heavy (non-hydrogen) atoms. The lowest BCUT2D eigenvalue weighted by molar-refractivity contribution is 0.706. The molecule has 0 fully saturated rings. The maximum absolute atomic E-state index is 5.97. The van der Waals surface area contributed by atoms with Crippen LogP contribution in [0.1, 0.15) is 18.3 Å². The van der Waals surface area contributed by atoms with Crippen molar-refractivity contribution in [2.24, 2.45) is 7.05 Å². The largest absolute Gasteiger partial charge is 0.379 e. The van der Waals surface area contributed by atoms with Crippen LogP contribution >= 0.6 is 43.5 Å². The Bertz CT molecular complexity index is 596. The van der Waals surface area contributed by atoms with Crippen LogP contribution < -0.4 is 5.32 Å². The van der Waals surface area contributed by atoms with E-state index in [-0.39, 0.29) is 0 Å². The molecule has 0 aliphatic rings. The van der Waals surface area contributed by atoms with E-state index in [9.17, 15) is 0 Å². The highest BCUT2D eigenvalue weighted by Gasteiger charge is 2.12. The quantitative estimate of drug-likeness (QED) is 0.791. The first-order chi connectivity index (χ1) is 9.02. The Morgan fingerprint density at radius 1 is 1.37 bits per heavy atom. The highest BCUT2D eigenvalue weighted by atomic mass is 79.9. The molecule has 0 amide bonds. The predicted molar refractivity (Wildman–Crippen MR) is 86.8 cm³/mol. The number of rotatable bonds is 4. The van der Waals surface area contributed by atoms with Gasteiger partial charge in [-0.3, -0.25) is 4.68 Å². The van der Waals surface area contributed by atoms with Gasteiger partial charge in [-0.2, -0.15) is 5.10 Å². The Labute approximate surface area is 134 Å². The van der Waals surface area contributed by atoms with E-state index in [4.69, 9.17) is 11.6 Å². The third-order valence-electron chi connectivity index (χ3n) is 2.88. The first-order valence-electron chi connectivity index (χ1n) is 5.92. The number of anilines is 1. The molecule has 1 N–H and O–H groups in total. The van der Waals surface area contributed by atoms with Crippen LogP contribution in [0.2, 0.25) is 5.02 Å². The smallest absolute Gasteiger partial charge is 0.0767 e. The molecule has 3 nitrogen and oxygen atoms in total. The van der Waals surface area contributed by atoms with Crippen molar-refractivity contribution in [3.8, 4) is 0 Å². The monoisotopic (exact) mass is 405 g/mol. The molecular formula is C13H14Br2ClN3. The van der Waals surface area contributed by atoms with E-state index < -0.39 is 0 Å². The summed E-state index contributed by atoms with van der Waals surface area (Å²) < 4.78 is 3.87. The lowest BCUT2D eigenvalue weighted by Gasteiger charge is -2.08. The number of hydrogen-bond donors (Lipinski definition) is 1. The summed E-state index contributed by atoms with van der Waals surface area (Å²) in [4.78, 5) is 0. The number of nitrogens with zero attached hydrogens (tertiary/aromatic N) is 2. The van der Waals surface area contributed by atoms with Gasteiger partial charge in [-0.05, 0) is 56.5 Å². The summed E-state index contributed by atoms with van der Waals surface area (Å²) >= 11 is 13.0. The highest BCUT2D eigenvalue weighted by molar-refractivity contribution is 9.10. The minimum atomic E-state index is 0.707. The zero-order valence-electron chi connectivity index (χ0n) is 10.7.